The molecule has 0 spiro atoms. The van der Waals surface area contributed by atoms with Gasteiger partial charge in [-0.3, -0.25) is 9.48 Å². The zero-order valence-corrected chi connectivity index (χ0v) is 13.5. The minimum absolute atomic E-state index is 0.00758. The van der Waals surface area contributed by atoms with E-state index in [9.17, 15) is 4.79 Å². The van der Waals surface area contributed by atoms with Gasteiger partial charge in [0, 0.05) is 30.7 Å². The second-order valence-electron chi connectivity index (χ2n) is 6.35. The van der Waals surface area contributed by atoms with Gasteiger partial charge < -0.3 is 15.4 Å². The fourth-order valence-corrected chi connectivity index (χ4v) is 3.22. The molecule has 0 atom stereocenters. The van der Waals surface area contributed by atoms with Crippen molar-refractivity contribution in [3.63, 3.8) is 0 Å². The molecule has 3 rings (SSSR count). The number of hydrogen-bond donors (Lipinski definition) is 2. The van der Waals surface area contributed by atoms with Crippen molar-refractivity contribution < 1.29 is 9.53 Å². The fraction of sp³-hybridized carbons (Fsp3) is 0.529. The summed E-state index contributed by atoms with van der Waals surface area (Å²) in [7, 11) is 1.72. The van der Waals surface area contributed by atoms with Crippen LogP contribution in [-0.2, 0) is 16.1 Å². The molecule has 1 aromatic heterocycles. The van der Waals surface area contributed by atoms with Crippen LogP contribution in [0, 0.1) is 5.41 Å². The monoisotopic (exact) mass is 316 g/mol. The molecule has 1 aliphatic heterocycles. The van der Waals surface area contributed by atoms with E-state index in [2.05, 4.69) is 15.7 Å². The number of nitrogens with zero attached hydrogens (tertiary/aromatic N) is 2. The maximum Gasteiger partial charge on any atom is 0.241 e. The zero-order chi connectivity index (χ0) is 16.1. The number of aromatic nitrogens is 2. The Labute approximate surface area is 136 Å². The number of ether oxygens (including phenoxy) is 1. The highest BCUT2D eigenvalue weighted by Crippen LogP contribution is 2.28. The predicted molar refractivity (Wildman–Crippen MR) is 89.2 cm³/mol. The van der Waals surface area contributed by atoms with Crippen molar-refractivity contribution in [3.05, 3.63) is 30.5 Å². The molecule has 0 radical (unpaired) electrons. The Bertz CT molecular complexity index is 623. The Hall–Kier alpha value is -1.92. The minimum atomic E-state index is -0.00758. The van der Waals surface area contributed by atoms with Crippen LogP contribution in [0.4, 0.5) is 0 Å². The highest BCUT2D eigenvalue weighted by molar-refractivity contribution is 5.79. The third-order valence-corrected chi connectivity index (χ3v) is 4.54. The first-order valence-electron chi connectivity index (χ1n) is 8.09. The second-order valence-corrected chi connectivity index (χ2v) is 6.35. The largest absolute Gasteiger partial charge is 0.384 e. The SMILES string of the molecule is COCC1(CNC(=O)Cn2cc3ccccc3n2)CCNCC1. The third-order valence-electron chi connectivity index (χ3n) is 4.54. The number of carbonyl (C=O) groups is 1. The molecule has 1 saturated heterocycles. The van der Waals surface area contributed by atoms with Gasteiger partial charge in [-0.2, -0.15) is 5.10 Å². The van der Waals surface area contributed by atoms with E-state index in [1.165, 1.54) is 0 Å². The van der Waals surface area contributed by atoms with Crippen molar-refractivity contribution in [1.82, 2.24) is 20.4 Å². The quantitative estimate of drug-likeness (QED) is 0.839. The maximum absolute atomic E-state index is 12.3. The summed E-state index contributed by atoms with van der Waals surface area (Å²) in [5.74, 6) is -0.00758. The average Bonchev–Trinajstić information content (AvgIpc) is 2.96. The number of rotatable bonds is 6. The van der Waals surface area contributed by atoms with Gasteiger partial charge >= 0.3 is 0 Å². The molecule has 2 aromatic rings. The molecule has 0 aliphatic carbocycles. The summed E-state index contributed by atoms with van der Waals surface area (Å²) in [6.07, 6.45) is 3.95. The smallest absolute Gasteiger partial charge is 0.241 e. The van der Waals surface area contributed by atoms with E-state index >= 15 is 0 Å². The summed E-state index contributed by atoms with van der Waals surface area (Å²) < 4.78 is 7.08. The van der Waals surface area contributed by atoms with Crippen LogP contribution in [0.5, 0.6) is 0 Å². The summed E-state index contributed by atoms with van der Waals surface area (Å²) in [6.45, 7) is 3.53. The molecule has 6 heteroatoms. The van der Waals surface area contributed by atoms with E-state index in [4.69, 9.17) is 4.74 Å². The minimum Gasteiger partial charge on any atom is -0.384 e. The first kappa shape index (κ1) is 16.0. The molecular formula is C17H24N4O2. The van der Waals surface area contributed by atoms with Crippen molar-refractivity contribution in [2.75, 3.05) is 33.4 Å². The summed E-state index contributed by atoms with van der Waals surface area (Å²) in [5.41, 5.74) is 0.958. The molecule has 23 heavy (non-hydrogen) atoms. The van der Waals surface area contributed by atoms with Crippen LogP contribution < -0.4 is 10.6 Å². The third kappa shape index (κ3) is 3.89. The molecule has 1 amide bonds. The van der Waals surface area contributed by atoms with Gasteiger partial charge in [-0.1, -0.05) is 18.2 Å². The van der Waals surface area contributed by atoms with E-state index in [0.29, 0.717) is 13.2 Å². The Morgan fingerprint density at radius 2 is 2.17 bits per heavy atom. The Morgan fingerprint density at radius 3 is 2.91 bits per heavy atom. The van der Waals surface area contributed by atoms with E-state index < -0.39 is 0 Å². The first-order valence-corrected chi connectivity index (χ1v) is 8.09. The molecule has 124 valence electrons. The van der Waals surface area contributed by atoms with Gasteiger partial charge in [-0.05, 0) is 32.0 Å². The van der Waals surface area contributed by atoms with Crippen molar-refractivity contribution in [3.8, 4) is 0 Å². The lowest BCUT2D eigenvalue weighted by atomic mass is 9.79. The van der Waals surface area contributed by atoms with Crippen LogP contribution in [0.1, 0.15) is 12.8 Å². The number of methoxy groups -OCH3 is 1. The number of benzene rings is 1. The number of amides is 1. The normalized spacial score (nSPS) is 17.3. The van der Waals surface area contributed by atoms with Crippen molar-refractivity contribution >= 4 is 16.8 Å². The van der Waals surface area contributed by atoms with Crippen LogP contribution in [0.15, 0.2) is 30.5 Å². The molecule has 0 saturated carbocycles. The molecule has 1 fully saturated rings. The second kappa shape index (κ2) is 7.10. The predicted octanol–water partition coefficient (Wildman–Crippen LogP) is 1.17. The molecule has 2 N–H and O–H groups in total. The summed E-state index contributed by atoms with van der Waals surface area (Å²) in [6, 6.07) is 7.87. The van der Waals surface area contributed by atoms with E-state index in [1.807, 2.05) is 30.5 Å². The van der Waals surface area contributed by atoms with Crippen LogP contribution in [0.25, 0.3) is 10.9 Å². The number of fused-ring (bicyclic) bond motifs is 1. The lowest BCUT2D eigenvalue weighted by Gasteiger charge is -2.37. The molecular weight excluding hydrogens is 292 g/mol. The van der Waals surface area contributed by atoms with Gasteiger partial charge in [0.05, 0.1) is 12.1 Å². The summed E-state index contributed by atoms with van der Waals surface area (Å²) >= 11 is 0. The molecule has 6 nitrogen and oxygen atoms in total. The highest BCUT2D eigenvalue weighted by atomic mass is 16.5. The fourth-order valence-electron chi connectivity index (χ4n) is 3.22. The van der Waals surface area contributed by atoms with Crippen LogP contribution in [0.2, 0.25) is 0 Å². The lowest BCUT2D eigenvalue weighted by molar-refractivity contribution is -0.122. The van der Waals surface area contributed by atoms with Crippen LogP contribution >= 0.6 is 0 Å². The topological polar surface area (TPSA) is 68.2 Å². The number of carbonyl (C=O) groups excluding carboxylic acids is 1. The van der Waals surface area contributed by atoms with E-state index in [0.717, 1.165) is 36.8 Å². The number of piperidine rings is 1. The van der Waals surface area contributed by atoms with E-state index in [-0.39, 0.29) is 17.9 Å². The summed E-state index contributed by atoms with van der Waals surface area (Å²) in [5, 5.41) is 11.9. The lowest BCUT2D eigenvalue weighted by Crippen LogP contribution is -2.47. The summed E-state index contributed by atoms with van der Waals surface area (Å²) in [4.78, 5) is 12.3. The molecule has 2 heterocycles. The van der Waals surface area contributed by atoms with Crippen molar-refractivity contribution in [2.24, 2.45) is 5.41 Å². The Kier molecular flexibility index (Phi) is 4.93. The van der Waals surface area contributed by atoms with E-state index in [1.54, 1.807) is 11.8 Å². The average molecular weight is 316 g/mol. The van der Waals surface area contributed by atoms with Gasteiger partial charge in [-0.25, -0.2) is 0 Å². The Balaban J connectivity index is 1.57. The van der Waals surface area contributed by atoms with Crippen molar-refractivity contribution in [2.45, 2.75) is 19.4 Å². The van der Waals surface area contributed by atoms with Gasteiger partial charge in [0.2, 0.25) is 5.91 Å². The number of nitrogens with one attached hydrogen (secondary N) is 2. The van der Waals surface area contributed by atoms with Crippen LogP contribution in [-0.4, -0.2) is 49.0 Å². The maximum atomic E-state index is 12.3. The molecule has 0 bridgehead atoms. The molecule has 1 aromatic carbocycles. The molecule has 0 unspecified atom stereocenters. The van der Waals surface area contributed by atoms with Gasteiger partial charge in [-0.15, -0.1) is 0 Å². The van der Waals surface area contributed by atoms with Crippen LogP contribution in [0.3, 0.4) is 0 Å². The zero-order valence-electron chi connectivity index (χ0n) is 13.5. The van der Waals surface area contributed by atoms with Gasteiger partial charge in [0.25, 0.3) is 0 Å². The van der Waals surface area contributed by atoms with Gasteiger partial charge in [0.1, 0.15) is 6.54 Å². The van der Waals surface area contributed by atoms with Gasteiger partial charge in [0.15, 0.2) is 0 Å². The number of hydrogen-bond acceptors (Lipinski definition) is 4. The molecule has 1 aliphatic rings. The highest BCUT2D eigenvalue weighted by Gasteiger charge is 2.32. The first-order chi connectivity index (χ1) is 11.2. The standard InChI is InChI=1S/C17H24N4O2/c1-23-13-17(6-8-18-9-7-17)12-19-16(22)11-21-10-14-4-2-3-5-15(14)20-21/h2-5,10,18H,6-9,11-13H2,1H3,(H,19,22). The Morgan fingerprint density at radius 1 is 1.39 bits per heavy atom. The van der Waals surface area contributed by atoms with Crippen molar-refractivity contribution in [1.29, 1.82) is 0 Å².